The SMILES string of the molecule is CC[C@@H](C)NC(=O)[C@@H](Cc1ccccc1)N(Cc1ccccc1Cl)C(=O)CN(c1cc(Cl)ccc1OC)S(=O)(=O)c1ccccc1. The molecule has 46 heavy (non-hydrogen) atoms. The number of hydrogen-bond acceptors (Lipinski definition) is 5. The molecule has 1 N–H and O–H groups in total. The highest BCUT2D eigenvalue weighted by atomic mass is 35.5. The fraction of sp³-hybridized carbons (Fsp3) is 0.257. The summed E-state index contributed by atoms with van der Waals surface area (Å²) in [5.41, 5.74) is 1.51. The van der Waals surface area contributed by atoms with Crippen LogP contribution in [0.25, 0.3) is 0 Å². The van der Waals surface area contributed by atoms with Crippen LogP contribution in [0.4, 0.5) is 5.69 Å². The predicted octanol–water partition coefficient (Wildman–Crippen LogP) is 6.75. The van der Waals surface area contributed by atoms with Crippen LogP contribution in [0.3, 0.4) is 0 Å². The summed E-state index contributed by atoms with van der Waals surface area (Å²) in [6, 6.07) is 27.6. The van der Waals surface area contributed by atoms with Gasteiger partial charge in [-0.15, -0.1) is 0 Å². The summed E-state index contributed by atoms with van der Waals surface area (Å²) in [5, 5.41) is 3.68. The van der Waals surface area contributed by atoms with Crippen molar-refractivity contribution in [3.63, 3.8) is 0 Å². The van der Waals surface area contributed by atoms with E-state index < -0.39 is 28.5 Å². The summed E-state index contributed by atoms with van der Waals surface area (Å²) in [5.74, 6) is -0.789. The molecule has 0 heterocycles. The van der Waals surface area contributed by atoms with Gasteiger partial charge in [0.1, 0.15) is 18.3 Å². The zero-order valence-corrected chi connectivity index (χ0v) is 28.2. The molecule has 0 spiro atoms. The van der Waals surface area contributed by atoms with Gasteiger partial charge < -0.3 is 15.0 Å². The molecule has 8 nitrogen and oxygen atoms in total. The van der Waals surface area contributed by atoms with E-state index in [4.69, 9.17) is 27.9 Å². The molecule has 0 fully saturated rings. The number of sulfonamides is 1. The second kappa shape index (κ2) is 16.0. The van der Waals surface area contributed by atoms with Crippen molar-refractivity contribution in [3.8, 4) is 5.75 Å². The Kier molecular flexibility index (Phi) is 12.1. The number of nitrogens with zero attached hydrogens (tertiary/aromatic N) is 2. The summed E-state index contributed by atoms with van der Waals surface area (Å²) >= 11 is 12.9. The molecular formula is C35H37Cl2N3O5S. The van der Waals surface area contributed by atoms with Crippen LogP contribution in [0.5, 0.6) is 5.75 Å². The van der Waals surface area contributed by atoms with Crippen molar-refractivity contribution in [2.75, 3.05) is 18.0 Å². The lowest BCUT2D eigenvalue weighted by molar-refractivity contribution is -0.140. The Morgan fingerprint density at radius 2 is 1.52 bits per heavy atom. The van der Waals surface area contributed by atoms with Crippen molar-refractivity contribution < 1.29 is 22.7 Å². The van der Waals surface area contributed by atoms with E-state index in [1.165, 1.54) is 36.3 Å². The number of methoxy groups -OCH3 is 1. The lowest BCUT2D eigenvalue weighted by Crippen LogP contribution is -2.54. The van der Waals surface area contributed by atoms with Gasteiger partial charge in [-0.05, 0) is 60.9 Å². The van der Waals surface area contributed by atoms with Crippen molar-refractivity contribution in [2.45, 2.75) is 50.2 Å². The Balaban J connectivity index is 1.86. The maximum absolute atomic E-state index is 14.6. The lowest BCUT2D eigenvalue weighted by atomic mass is 10.0. The molecule has 0 aliphatic carbocycles. The average Bonchev–Trinajstić information content (AvgIpc) is 3.06. The molecule has 0 aliphatic heterocycles. The summed E-state index contributed by atoms with van der Waals surface area (Å²) in [7, 11) is -2.92. The predicted molar refractivity (Wildman–Crippen MR) is 183 cm³/mol. The Hall–Kier alpha value is -4.05. The largest absolute Gasteiger partial charge is 0.495 e. The van der Waals surface area contributed by atoms with Gasteiger partial charge in [0.15, 0.2) is 0 Å². The molecule has 0 unspecified atom stereocenters. The van der Waals surface area contributed by atoms with Crippen molar-refractivity contribution >= 4 is 50.7 Å². The van der Waals surface area contributed by atoms with Crippen LogP contribution in [0.2, 0.25) is 10.0 Å². The molecule has 0 aliphatic rings. The van der Waals surface area contributed by atoms with Gasteiger partial charge in [0, 0.05) is 29.1 Å². The van der Waals surface area contributed by atoms with E-state index in [1.807, 2.05) is 44.2 Å². The molecule has 2 atom stereocenters. The molecule has 0 saturated carbocycles. The first-order valence-electron chi connectivity index (χ1n) is 14.8. The highest BCUT2D eigenvalue weighted by Gasteiger charge is 2.36. The molecule has 0 aromatic heterocycles. The number of halogens is 2. The summed E-state index contributed by atoms with van der Waals surface area (Å²) in [6.45, 7) is 3.14. The molecule has 0 radical (unpaired) electrons. The number of carbonyl (C=O) groups is 2. The quantitative estimate of drug-likeness (QED) is 0.159. The van der Waals surface area contributed by atoms with Gasteiger partial charge in [0.25, 0.3) is 10.0 Å². The van der Waals surface area contributed by atoms with Crippen LogP contribution in [0, 0.1) is 0 Å². The second-order valence-electron chi connectivity index (χ2n) is 10.8. The molecule has 2 amide bonds. The average molecular weight is 683 g/mol. The van der Waals surface area contributed by atoms with Gasteiger partial charge >= 0.3 is 0 Å². The van der Waals surface area contributed by atoms with Gasteiger partial charge in [-0.25, -0.2) is 8.42 Å². The third kappa shape index (κ3) is 8.60. The fourth-order valence-electron chi connectivity index (χ4n) is 4.90. The first-order valence-corrected chi connectivity index (χ1v) is 17.0. The van der Waals surface area contributed by atoms with Crippen molar-refractivity contribution in [2.24, 2.45) is 0 Å². The number of ether oxygens (including phenoxy) is 1. The first-order chi connectivity index (χ1) is 22.0. The summed E-state index contributed by atoms with van der Waals surface area (Å²) < 4.78 is 34.9. The Labute approximate surface area is 280 Å². The van der Waals surface area contributed by atoms with E-state index in [9.17, 15) is 18.0 Å². The highest BCUT2D eigenvalue weighted by Crippen LogP contribution is 2.35. The Bertz CT molecular complexity index is 1740. The Morgan fingerprint density at radius 3 is 2.15 bits per heavy atom. The van der Waals surface area contributed by atoms with Gasteiger partial charge in [0.2, 0.25) is 11.8 Å². The van der Waals surface area contributed by atoms with E-state index in [0.717, 1.165) is 9.87 Å². The van der Waals surface area contributed by atoms with E-state index in [0.29, 0.717) is 17.0 Å². The molecule has 4 aromatic rings. The van der Waals surface area contributed by atoms with Crippen molar-refractivity contribution in [1.29, 1.82) is 0 Å². The number of benzene rings is 4. The molecule has 0 saturated heterocycles. The topological polar surface area (TPSA) is 96.0 Å². The number of anilines is 1. The zero-order chi connectivity index (χ0) is 33.3. The van der Waals surface area contributed by atoms with E-state index in [2.05, 4.69) is 5.32 Å². The minimum atomic E-state index is -4.32. The smallest absolute Gasteiger partial charge is 0.264 e. The van der Waals surface area contributed by atoms with Crippen LogP contribution < -0.4 is 14.4 Å². The number of rotatable bonds is 14. The second-order valence-corrected chi connectivity index (χ2v) is 13.5. The number of nitrogens with one attached hydrogen (secondary N) is 1. The zero-order valence-electron chi connectivity index (χ0n) is 25.9. The van der Waals surface area contributed by atoms with Crippen molar-refractivity contribution in [3.05, 3.63) is 124 Å². The van der Waals surface area contributed by atoms with Crippen LogP contribution in [-0.2, 0) is 32.6 Å². The maximum atomic E-state index is 14.6. The monoisotopic (exact) mass is 681 g/mol. The standard InChI is InChI=1S/C35H37Cl2N3O5S/c1-4-25(2)38-35(42)32(21-26-13-7-5-8-14-26)39(23-27-15-11-12-18-30(27)37)34(41)24-40(31-22-28(36)19-20-33(31)45-3)46(43,44)29-16-9-6-10-17-29/h5-20,22,25,32H,4,21,23-24H2,1-3H3,(H,38,42)/t25-,32-/m1/s1. The van der Waals surface area contributed by atoms with Crippen LogP contribution in [-0.4, -0.2) is 50.9 Å². The van der Waals surface area contributed by atoms with Crippen LogP contribution >= 0.6 is 23.2 Å². The highest BCUT2D eigenvalue weighted by molar-refractivity contribution is 7.92. The summed E-state index contributed by atoms with van der Waals surface area (Å²) in [4.78, 5) is 29.9. The van der Waals surface area contributed by atoms with Gasteiger partial charge in [-0.3, -0.25) is 13.9 Å². The third-order valence-corrected chi connectivity index (χ3v) is 9.97. The minimum absolute atomic E-state index is 0.0298. The molecule has 0 bridgehead atoms. The van der Waals surface area contributed by atoms with Crippen LogP contribution in [0.1, 0.15) is 31.4 Å². The van der Waals surface area contributed by atoms with E-state index >= 15 is 0 Å². The van der Waals surface area contributed by atoms with Crippen LogP contribution in [0.15, 0.2) is 108 Å². The molecule has 11 heteroatoms. The third-order valence-electron chi connectivity index (χ3n) is 7.59. The summed E-state index contributed by atoms with van der Waals surface area (Å²) in [6.07, 6.45) is 0.866. The van der Waals surface area contributed by atoms with E-state index in [1.54, 1.807) is 48.5 Å². The lowest BCUT2D eigenvalue weighted by Gasteiger charge is -2.34. The molecule has 4 rings (SSSR count). The number of carbonyl (C=O) groups excluding carboxylic acids is 2. The number of hydrogen-bond donors (Lipinski definition) is 1. The van der Waals surface area contributed by atoms with Gasteiger partial charge in [-0.1, -0.05) is 96.9 Å². The maximum Gasteiger partial charge on any atom is 0.264 e. The normalized spacial score (nSPS) is 12.5. The van der Waals surface area contributed by atoms with Gasteiger partial charge in [0.05, 0.1) is 17.7 Å². The fourth-order valence-corrected chi connectivity index (χ4v) is 6.70. The van der Waals surface area contributed by atoms with Crippen molar-refractivity contribution in [1.82, 2.24) is 10.2 Å². The molecular weight excluding hydrogens is 645 g/mol. The van der Waals surface area contributed by atoms with E-state index in [-0.39, 0.29) is 46.3 Å². The minimum Gasteiger partial charge on any atom is -0.495 e. The number of amides is 2. The Morgan fingerprint density at radius 1 is 0.891 bits per heavy atom. The van der Waals surface area contributed by atoms with Gasteiger partial charge in [-0.2, -0.15) is 0 Å². The molecule has 4 aromatic carbocycles. The first kappa shape index (κ1) is 34.8. The molecule has 242 valence electrons.